The summed E-state index contributed by atoms with van der Waals surface area (Å²) < 4.78 is 0. The molecule has 2 heteroatoms. The molecule has 118 valence electrons. The van der Waals surface area contributed by atoms with E-state index in [1.165, 1.54) is 56.3 Å². The van der Waals surface area contributed by atoms with Gasteiger partial charge in [0.25, 0.3) is 0 Å². The maximum Gasteiger partial charge on any atom is 0.0367 e. The molecule has 0 amide bonds. The first-order valence-electron chi connectivity index (χ1n) is 8.92. The average molecular weight is 288 g/mol. The summed E-state index contributed by atoms with van der Waals surface area (Å²) in [5, 5.41) is 3.63. The van der Waals surface area contributed by atoms with Crippen molar-refractivity contribution in [1.82, 2.24) is 0 Å². The third kappa shape index (κ3) is 5.26. The number of rotatable bonds is 8. The third-order valence-corrected chi connectivity index (χ3v) is 4.54. The summed E-state index contributed by atoms with van der Waals surface area (Å²) in [5.41, 5.74) is 2.64. The number of hydrogen-bond donors (Lipinski definition) is 1. The molecule has 0 aliphatic heterocycles. The van der Waals surface area contributed by atoms with Crippen LogP contribution in [-0.2, 0) is 0 Å². The largest absolute Gasteiger partial charge is 0.385 e. The highest BCUT2D eigenvalue weighted by Gasteiger charge is 2.12. The highest BCUT2D eigenvalue weighted by molar-refractivity contribution is 5.55. The molecule has 0 unspecified atom stereocenters. The Kier molecular flexibility index (Phi) is 6.91. The molecule has 0 atom stereocenters. The molecular weight excluding hydrogens is 256 g/mol. The van der Waals surface area contributed by atoms with Crippen molar-refractivity contribution in [2.75, 3.05) is 29.9 Å². The Labute approximate surface area is 130 Å². The van der Waals surface area contributed by atoms with Crippen LogP contribution in [0.1, 0.15) is 58.8 Å². The van der Waals surface area contributed by atoms with Crippen LogP contribution in [-0.4, -0.2) is 19.6 Å². The van der Waals surface area contributed by atoms with Crippen LogP contribution in [0.5, 0.6) is 0 Å². The molecule has 1 fully saturated rings. The Morgan fingerprint density at radius 1 is 0.952 bits per heavy atom. The van der Waals surface area contributed by atoms with Crippen molar-refractivity contribution in [3.63, 3.8) is 0 Å². The molecular formula is C19H32N2. The summed E-state index contributed by atoms with van der Waals surface area (Å²) in [6, 6.07) is 9.04. The molecule has 21 heavy (non-hydrogen) atoms. The zero-order valence-corrected chi connectivity index (χ0v) is 13.9. The van der Waals surface area contributed by atoms with Gasteiger partial charge in [0.05, 0.1) is 0 Å². The van der Waals surface area contributed by atoms with E-state index in [1.807, 2.05) is 0 Å². The fourth-order valence-electron chi connectivity index (χ4n) is 3.35. The van der Waals surface area contributed by atoms with Crippen LogP contribution in [0.2, 0.25) is 0 Å². The highest BCUT2D eigenvalue weighted by Crippen LogP contribution is 2.24. The number of nitrogens with one attached hydrogen (secondary N) is 1. The second kappa shape index (κ2) is 8.96. The van der Waals surface area contributed by atoms with Crippen molar-refractivity contribution in [2.45, 2.75) is 58.8 Å². The van der Waals surface area contributed by atoms with Gasteiger partial charge in [-0.1, -0.05) is 33.1 Å². The van der Waals surface area contributed by atoms with E-state index in [9.17, 15) is 0 Å². The molecule has 0 bridgehead atoms. The van der Waals surface area contributed by atoms with Crippen molar-refractivity contribution in [3.05, 3.63) is 24.3 Å². The first-order valence-corrected chi connectivity index (χ1v) is 8.92. The second-order valence-corrected chi connectivity index (χ2v) is 6.42. The Bertz CT molecular complexity index is 373. The van der Waals surface area contributed by atoms with Crippen molar-refractivity contribution in [1.29, 1.82) is 0 Å². The summed E-state index contributed by atoms with van der Waals surface area (Å²) in [6.07, 6.45) is 9.53. The average Bonchev–Trinajstić information content (AvgIpc) is 2.54. The number of hydrogen-bond acceptors (Lipinski definition) is 2. The molecule has 1 aromatic carbocycles. The summed E-state index contributed by atoms with van der Waals surface area (Å²) >= 11 is 0. The monoisotopic (exact) mass is 288 g/mol. The lowest BCUT2D eigenvalue weighted by molar-refractivity contribution is 0.373. The van der Waals surface area contributed by atoms with Crippen LogP contribution >= 0.6 is 0 Å². The number of anilines is 2. The minimum absolute atomic E-state index is 0.884. The van der Waals surface area contributed by atoms with Gasteiger partial charge in [0, 0.05) is 31.0 Å². The Morgan fingerprint density at radius 2 is 1.57 bits per heavy atom. The van der Waals surface area contributed by atoms with Gasteiger partial charge in [-0.2, -0.15) is 0 Å². The SMILES string of the molecule is CCCN(CCC)c1ccc(NCC2CCCCC2)cc1. The molecule has 0 spiro atoms. The molecule has 1 aliphatic rings. The molecule has 1 aliphatic carbocycles. The molecule has 1 saturated carbocycles. The van der Waals surface area contributed by atoms with E-state index in [2.05, 4.69) is 48.3 Å². The fourth-order valence-corrected chi connectivity index (χ4v) is 3.35. The van der Waals surface area contributed by atoms with Crippen LogP contribution in [0.25, 0.3) is 0 Å². The number of benzene rings is 1. The van der Waals surface area contributed by atoms with E-state index in [0.29, 0.717) is 0 Å². The van der Waals surface area contributed by atoms with E-state index >= 15 is 0 Å². The molecule has 0 saturated heterocycles. The predicted octanol–water partition coefficient (Wildman–Crippen LogP) is 5.31. The Hall–Kier alpha value is -1.18. The van der Waals surface area contributed by atoms with Gasteiger partial charge in [0.15, 0.2) is 0 Å². The molecule has 2 rings (SSSR count). The third-order valence-electron chi connectivity index (χ3n) is 4.54. The Morgan fingerprint density at radius 3 is 2.14 bits per heavy atom. The zero-order valence-electron chi connectivity index (χ0n) is 13.9. The highest BCUT2D eigenvalue weighted by atomic mass is 15.1. The minimum Gasteiger partial charge on any atom is -0.385 e. The summed E-state index contributed by atoms with van der Waals surface area (Å²) in [5.74, 6) is 0.884. The van der Waals surface area contributed by atoms with Gasteiger partial charge >= 0.3 is 0 Å². The normalized spacial score (nSPS) is 15.9. The van der Waals surface area contributed by atoms with Crippen LogP contribution in [0.15, 0.2) is 24.3 Å². The quantitative estimate of drug-likeness (QED) is 0.698. The van der Waals surface area contributed by atoms with Crippen molar-refractivity contribution in [3.8, 4) is 0 Å². The van der Waals surface area contributed by atoms with Gasteiger partial charge in [-0.3, -0.25) is 0 Å². The first kappa shape index (κ1) is 16.2. The summed E-state index contributed by atoms with van der Waals surface area (Å²) in [4.78, 5) is 2.49. The van der Waals surface area contributed by atoms with Gasteiger partial charge in [-0.05, 0) is 55.9 Å². The second-order valence-electron chi connectivity index (χ2n) is 6.42. The zero-order chi connectivity index (χ0) is 14.9. The Balaban J connectivity index is 1.85. The smallest absolute Gasteiger partial charge is 0.0367 e. The van der Waals surface area contributed by atoms with Gasteiger partial charge in [-0.15, -0.1) is 0 Å². The lowest BCUT2D eigenvalue weighted by Gasteiger charge is -2.25. The first-order chi connectivity index (χ1) is 10.3. The van der Waals surface area contributed by atoms with Crippen molar-refractivity contribution in [2.24, 2.45) is 5.92 Å². The summed E-state index contributed by atoms with van der Waals surface area (Å²) in [7, 11) is 0. The van der Waals surface area contributed by atoms with Crippen LogP contribution in [0.3, 0.4) is 0 Å². The molecule has 1 N–H and O–H groups in total. The van der Waals surface area contributed by atoms with Crippen LogP contribution in [0.4, 0.5) is 11.4 Å². The van der Waals surface area contributed by atoms with E-state index in [-0.39, 0.29) is 0 Å². The molecule has 0 aromatic heterocycles. The lowest BCUT2D eigenvalue weighted by atomic mass is 9.89. The minimum atomic E-state index is 0.884. The van der Waals surface area contributed by atoms with Crippen molar-refractivity contribution >= 4 is 11.4 Å². The van der Waals surface area contributed by atoms with Gasteiger partial charge in [-0.25, -0.2) is 0 Å². The molecule has 1 aromatic rings. The fraction of sp³-hybridized carbons (Fsp3) is 0.684. The van der Waals surface area contributed by atoms with Gasteiger partial charge in [0.1, 0.15) is 0 Å². The van der Waals surface area contributed by atoms with E-state index in [1.54, 1.807) is 0 Å². The van der Waals surface area contributed by atoms with Gasteiger partial charge in [0.2, 0.25) is 0 Å². The van der Waals surface area contributed by atoms with Gasteiger partial charge < -0.3 is 10.2 Å². The van der Waals surface area contributed by atoms with E-state index < -0.39 is 0 Å². The number of nitrogens with zero attached hydrogens (tertiary/aromatic N) is 1. The summed E-state index contributed by atoms with van der Waals surface area (Å²) in [6.45, 7) is 7.96. The van der Waals surface area contributed by atoms with E-state index in [0.717, 1.165) is 25.6 Å². The molecule has 2 nitrogen and oxygen atoms in total. The van der Waals surface area contributed by atoms with Crippen LogP contribution < -0.4 is 10.2 Å². The van der Waals surface area contributed by atoms with Crippen LogP contribution in [0, 0.1) is 5.92 Å². The maximum absolute atomic E-state index is 3.63. The molecule has 0 radical (unpaired) electrons. The standard InChI is InChI=1S/C19H32N2/c1-3-14-21(15-4-2)19-12-10-18(11-13-19)20-16-17-8-6-5-7-9-17/h10-13,17,20H,3-9,14-16H2,1-2H3. The topological polar surface area (TPSA) is 15.3 Å². The van der Waals surface area contributed by atoms with E-state index in [4.69, 9.17) is 0 Å². The maximum atomic E-state index is 3.63. The van der Waals surface area contributed by atoms with Crippen molar-refractivity contribution < 1.29 is 0 Å². The lowest BCUT2D eigenvalue weighted by Crippen LogP contribution is -2.24. The predicted molar refractivity (Wildman–Crippen MR) is 94.3 cm³/mol. The molecule has 0 heterocycles.